The minimum Gasteiger partial charge on any atom is -0.379 e. The number of nitrogens with one attached hydrogen (secondary N) is 3. The third-order valence-electron chi connectivity index (χ3n) is 5.95. The number of pyridine rings is 1. The van der Waals surface area contributed by atoms with Crippen LogP contribution in [0.25, 0.3) is 22.6 Å². The Bertz CT molecular complexity index is 1050. The van der Waals surface area contributed by atoms with Crippen molar-refractivity contribution in [1.82, 2.24) is 25.2 Å². The first-order valence-corrected chi connectivity index (χ1v) is 11.6. The van der Waals surface area contributed by atoms with Gasteiger partial charge in [-0.1, -0.05) is 24.3 Å². The van der Waals surface area contributed by atoms with E-state index in [1.54, 1.807) is 7.05 Å². The molecule has 2 aromatic heterocycles. The molecule has 3 N–H and O–H groups in total. The van der Waals surface area contributed by atoms with Crippen molar-refractivity contribution in [3.63, 3.8) is 0 Å². The lowest BCUT2D eigenvalue weighted by Gasteiger charge is -2.35. The van der Waals surface area contributed by atoms with Gasteiger partial charge < -0.3 is 20.5 Å². The highest BCUT2D eigenvalue weighted by Crippen LogP contribution is 2.32. The Hall–Kier alpha value is -2.45. The van der Waals surface area contributed by atoms with Crippen molar-refractivity contribution < 1.29 is 4.79 Å². The van der Waals surface area contributed by atoms with Crippen LogP contribution in [0.3, 0.4) is 0 Å². The van der Waals surface area contributed by atoms with Crippen molar-refractivity contribution in [3.8, 4) is 11.4 Å². The van der Waals surface area contributed by atoms with Gasteiger partial charge in [-0.15, -0.1) is 0 Å². The van der Waals surface area contributed by atoms with Crippen LogP contribution in [0, 0.1) is 0 Å². The molecule has 1 amide bonds. The van der Waals surface area contributed by atoms with Gasteiger partial charge in [-0.2, -0.15) is 0 Å². The van der Waals surface area contributed by atoms with Crippen LogP contribution in [-0.2, 0) is 11.2 Å². The van der Waals surface area contributed by atoms with Crippen LogP contribution in [-0.4, -0.2) is 58.0 Å². The number of piperidine rings is 1. The maximum absolute atomic E-state index is 11.6. The normalized spacial score (nSPS) is 15.5. The molecule has 164 valence electrons. The highest BCUT2D eigenvalue weighted by molar-refractivity contribution is 9.10. The smallest absolute Gasteiger partial charge is 0.224 e. The molecule has 8 heteroatoms. The lowest BCUT2D eigenvalue weighted by Crippen LogP contribution is -2.42. The summed E-state index contributed by atoms with van der Waals surface area (Å²) >= 11 is 3.66. The highest BCUT2D eigenvalue weighted by Gasteiger charge is 2.23. The second-order valence-electron chi connectivity index (χ2n) is 8.36. The van der Waals surface area contributed by atoms with E-state index in [2.05, 4.69) is 55.3 Å². The molecule has 7 nitrogen and oxygen atoms in total. The zero-order valence-corrected chi connectivity index (χ0v) is 19.8. The topological polar surface area (TPSA) is 85.9 Å². The predicted molar refractivity (Wildman–Crippen MR) is 128 cm³/mol. The van der Waals surface area contributed by atoms with Crippen molar-refractivity contribution in [3.05, 3.63) is 40.5 Å². The summed E-state index contributed by atoms with van der Waals surface area (Å²) in [4.78, 5) is 26.8. The van der Waals surface area contributed by atoms with E-state index in [1.807, 2.05) is 30.5 Å². The van der Waals surface area contributed by atoms with Gasteiger partial charge in [0.2, 0.25) is 5.91 Å². The summed E-state index contributed by atoms with van der Waals surface area (Å²) in [6.45, 7) is 6.73. The van der Waals surface area contributed by atoms with E-state index in [1.165, 1.54) is 0 Å². The Morgan fingerprint density at radius 1 is 1.26 bits per heavy atom. The molecule has 0 saturated carbocycles. The fourth-order valence-corrected chi connectivity index (χ4v) is 4.45. The average Bonchev–Trinajstić information content (AvgIpc) is 3.21. The number of carbonyl (C=O) groups is 1. The van der Waals surface area contributed by atoms with Crippen LogP contribution in [0.2, 0.25) is 0 Å². The zero-order valence-electron chi connectivity index (χ0n) is 18.2. The first-order valence-electron chi connectivity index (χ1n) is 10.8. The molecule has 1 aliphatic rings. The molecule has 0 spiro atoms. The van der Waals surface area contributed by atoms with Crippen molar-refractivity contribution in [2.45, 2.75) is 45.2 Å². The number of anilines is 1. The summed E-state index contributed by atoms with van der Waals surface area (Å²) in [5.41, 5.74) is 4.55. The Kier molecular flexibility index (Phi) is 6.57. The number of imidazole rings is 1. The second kappa shape index (κ2) is 9.36. The Morgan fingerprint density at radius 3 is 2.61 bits per heavy atom. The number of benzene rings is 1. The number of rotatable bonds is 6. The quantitative estimate of drug-likeness (QED) is 0.492. The van der Waals surface area contributed by atoms with E-state index in [9.17, 15) is 4.79 Å². The Labute approximate surface area is 191 Å². The molecule has 0 radical (unpaired) electrons. The average molecular weight is 485 g/mol. The Morgan fingerprint density at radius 2 is 1.97 bits per heavy atom. The van der Waals surface area contributed by atoms with E-state index in [0.717, 1.165) is 58.6 Å². The van der Waals surface area contributed by atoms with Gasteiger partial charge in [-0.25, -0.2) is 9.97 Å². The van der Waals surface area contributed by atoms with Crippen LogP contribution in [0.15, 0.2) is 34.9 Å². The lowest BCUT2D eigenvalue weighted by molar-refractivity contribution is -0.119. The number of halogens is 1. The van der Waals surface area contributed by atoms with E-state index in [-0.39, 0.29) is 5.91 Å². The standard InChI is InChI=1S/C23H29BrN6O/c1-14(2)30-10-8-17(9-11-30)27-20-18(24)13-26-23-21(20)28-22(29-23)16-6-4-15(5-7-16)12-19(31)25-3/h4-7,13-14,17H,8-12H2,1-3H3,(H,25,31)(H2,26,27,28,29). The molecule has 1 aromatic carbocycles. The third kappa shape index (κ3) is 4.91. The fourth-order valence-electron chi connectivity index (χ4n) is 4.03. The molecule has 0 atom stereocenters. The number of hydrogen-bond acceptors (Lipinski definition) is 5. The number of hydrogen-bond donors (Lipinski definition) is 3. The van der Waals surface area contributed by atoms with E-state index in [0.29, 0.717) is 24.2 Å². The monoisotopic (exact) mass is 484 g/mol. The lowest BCUT2D eigenvalue weighted by atomic mass is 10.0. The maximum Gasteiger partial charge on any atom is 0.224 e. The molecule has 0 aliphatic carbocycles. The number of carbonyl (C=O) groups excluding carboxylic acids is 1. The minimum atomic E-state index is 0.000445. The number of fused-ring (bicyclic) bond motifs is 1. The first kappa shape index (κ1) is 21.8. The molecule has 1 aliphatic heterocycles. The van der Waals surface area contributed by atoms with Crippen LogP contribution in [0.4, 0.5) is 5.69 Å². The van der Waals surface area contributed by atoms with Gasteiger partial charge in [0.1, 0.15) is 11.3 Å². The summed E-state index contributed by atoms with van der Waals surface area (Å²) in [7, 11) is 1.65. The van der Waals surface area contributed by atoms with Gasteiger partial charge in [0.15, 0.2) is 5.65 Å². The third-order valence-corrected chi connectivity index (χ3v) is 6.55. The zero-order chi connectivity index (χ0) is 22.0. The molecular formula is C23H29BrN6O. The molecule has 4 rings (SSSR count). The molecule has 31 heavy (non-hydrogen) atoms. The van der Waals surface area contributed by atoms with Crippen molar-refractivity contribution >= 4 is 38.7 Å². The van der Waals surface area contributed by atoms with Gasteiger partial charge in [0.25, 0.3) is 0 Å². The number of H-pyrrole nitrogens is 1. The molecule has 0 bridgehead atoms. The van der Waals surface area contributed by atoms with Gasteiger partial charge in [0.05, 0.1) is 16.6 Å². The highest BCUT2D eigenvalue weighted by atomic mass is 79.9. The largest absolute Gasteiger partial charge is 0.379 e. The summed E-state index contributed by atoms with van der Waals surface area (Å²) in [5.74, 6) is 0.769. The summed E-state index contributed by atoms with van der Waals surface area (Å²) in [5, 5.41) is 6.37. The van der Waals surface area contributed by atoms with Crippen molar-refractivity contribution in [1.29, 1.82) is 0 Å². The molecule has 1 saturated heterocycles. The molecule has 3 aromatic rings. The molecule has 1 fully saturated rings. The van der Waals surface area contributed by atoms with Gasteiger partial charge >= 0.3 is 0 Å². The Balaban J connectivity index is 1.55. The van der Waals surface area contributed by atoms with Gasteiger partial charge in [0, 0.05) is 44.0 Å². The fraction of sp³-hybridized carbons (Fsp3) is 0.435. The van der Waals surface area contributed by atoms with E-state index < -0.39 is 0 Å². The van der Waals surface area contributed by atoms with Crippen LogP contribution in [0.5, 0.6) is 0 Å². The number of nitrogens with zero attached hydrogens (tertiary/aromatic N) is 3. The number of amides is 1. The summed E-state index contributed by atoms with van der Waals surface area (Å²) in [6, 6.07) is 8.91. The number of likely N-dealkylation sites (N-methyl/N-ethyl adjacent to an activating group) is 1. The van der Waals surface area contributed by atoms with Crippen LogP contribution >= 0.6 is 15.9 Å². The van der Waals surface area contributed by atoms with Crippen LogP contribution in [0.1, 0.15) is 32.3 Å². The van der Waals surface area contributed by atoms with Crippen LogP contribution < -0.4 is 10.6 Å². The molecule has 3 heterocycles. The number of likely N-dealkylation sites (tertiary alicyclic amines) is 1. The van der Waals surface area contributed by atoms with Gasteiger partial charge in [-0.3, -0.25) is 4.79 Å². The summed E-state index contributed by atoms with van der Waals surface area (Å²) < 4.78 is 0.933. The first-order chi connectivity index (χ1) is 14.9. The number of aromatic amines is 1. The predicted octanol–water partition coefficient (Wildman–Crippen LogP) is 3.96. The molecule has 0 unspecified atom stereocenters. The van der Waals surface area contributed by atoms with E-state index in [4.69, 9.17) is 4.98 Å². The van der Waals surface area contributed by atoms with Crippen molar-refractivity contribution in [2.24, 2.45) is 0 Å². The second-order valence-corrected chi connectivity index (χ2v) is 9.21. The number of aromatic nitrogens is 3. The summed E-state index contributed by atoms with van der Waals surface area (Å²) in [6.07, 6.45) is 4.41. The van der Waals surface area contributed by atoms with Gasteiger partial charge in [-0.05, 0) is 48.2 Å². The molecular weight excluding hydrogens is 456 g/mol. The van der Waals surface area contributed by atoms with Crippen molar-refractivity contribution in [2.75, 3.05) is 25.5 Å². The SMILES string of the molecule is CNC(=O)Cc1ccc(-c2nc3ncc(Br)c(NC4CCN(C(C)C)CC4)c3[nH]2)cc1. The van der Waals surface area contributed by atoms with E-state index >= 15 is 0 Å². The minimum absolute atomic E-state index is 0.000445. The maximum atomic E-state index is 11.6.